The quantitative estimate of drug-likeness (QED) is 0.0261. The Bertz CT molecular complexity index is 1920. The topological polar surface area (TPSA) is 149 Å². The van der Waals surface area contributed by atoms with Crippen molar-refractivity contribution < 1.29 is 39.8 Å². The van der Waals surface area contributed by atoms with Crippen LogP contribution < -0.4 is 5.32 Å². The molecule has 7 atom stereocenters. The molecule has 6 N–H and O–H groups in total. The van der Waals surface area contributed by atoms with E-state index in [1.165, 1.54) is 141 Å². The normalized spacial score (nSPS) is 18.8. The van der Waals surface area contributed by atoms with Gasteiger partial charge in [0, 0.05) is 6.42 Å². The maximum Gasteiger partial charge on any atom is 0.220 e. The van der Waals surface area contributed by atoms with Crippen LogP contribution in [-0.2, 0) is 14.3 Å². The second kappa shape index (κ2) is 67.0. The van der Waals surface area contributed by atoms with Crippen molar-refractivity contribution >= 4 is 5.91 Å². The molecular weight excluding hydrogens is 1100 g/mol. The van der Waals surface area contributed by atoms with E-state index in [1.54, 1.807) is 0 Å². The van der Waals surface area contributed by atoms with Gasteiger partial charge in [-0.05, 0) is 103 Å². The summed E-state index contributed by atoms with van der Waals surface area (Å²) in [7, 11) is 0. The third kappa shape index (κ3) is 55.4. The first-order valence-electron chi connectivity index (χ1n) is 36.5. The van der Waals surface area contributed by atoms with Gasteiger partial charge in [0.1, 0.15) is 24.4 Å². The van der Waals surface area contributed by atoms with Crippen molar-refractivity contribution in [2.24, 2.45) is 0 Å². The van der Waals surface area contributed by atoms with E-state index in [0.717, 1.165) is 128 Å². The zero-order valence-corrected chi connectivity index (χ0v) is 56.9. The van der Waals surface area contributed by atoms with Crippen molar-refractivity contribution in [1.29, 1.82) is 0 Å². The van der Waals surface area contributed by atoms with Gasteiger partial charge in [0.2, 0.25) is 5.91 Å². The first-order valence-corrected chi connectivity index (χ1v) is 36.5. The first kappa shape index (κ1) is 83.1. The van der Waals surface area contributed by atoms with Crippen LogP contribution in [0, 0.1) is 0 Å². The molecular formula is C80H135NO8. The number of aliphatic hydroxyl groups excluding tert-OH is 5. The molecule has 1 aliphatic heterocycles. The number of unbranched alkanes of at least 4 members (excludes halogenated alkanes) is 28. The molecule has 1 fully saturated rings. The number of rotatable bonds is 62. The number of nitrogens with one attached hydrogen (secondary N) is 1. The highest BCUT2D eigenvalue weighted by atomic mass is 16.7. The minimum Gasteiger partial charge on any atom is -0.394 e. The molecule has 1 rings (SSSR count). The summed E-state index contributed by atoms with van der Waals surface area (Å²) in [5.74, 6) is -0.171. The molecule has 9 heteroatoms. The lowest BCUT2D eigenvalue weighted by Crippen LogP contribution is -2.60. The SMILES string of the molecule is CC/C=C\C/C=C\C/C=C\C/C=C\C/C=C\C/C=C\C/C=C\C/C=C\C/C=C\C/C=C\C/C=C\C/C=C\CCCCCCC(=O)NC(COC1OC(CO)C(O)C(O)C1O)C(O)CCCCCCCCCCCCCCCCCCCCCCCCCCC. The number of carbonyl (C=O) groups is 1. The first-order chi connectivity index (χ1) is 43.8. The minimum absolute atomic E-state index is 0.156. The molecule has 0 spiro atoms. The smallest absolute Gasteiger partial charge is 0.220 e. The molecule has 0 saturated carbocycles. The molecule has 1 aliphatic rings. The fraction of sp³-hybridized carbons (Fsp3) is 0.688. The van der Waals surface area contributed by atoms with Gasteiger partial charge in [-0.3, -0.25) is 4.79 Å². The Labute approximate surface area is 546 Å². The van der Waals surface area contributed by atoms with Crippen molar-refractivity contribution in [3.63, 3.8) is 0 Å². The number of amides is 1. The van der Waals surface area contributed by atoms with Gasteiger partial charge in [0.15, 0.2) is 6.29 Å². The van der Waals surface area contributed by atoms with E-state index in [4.69, 9.17) is 9.47 Å². The van der Waals surface area contributed by atoms with Crippen LogP contribution >= 0.6 is 0 Å². The predicted octanol–water partition coefficient (Wildman–Crippen LogP) is 20.5. The van der Waals surface area contributed by atoms with E-state index in [-0.39, 0.29) is 12.5 Å². The molecule has 0 bridgehead atoms. The van der Waals surface area contributed by atoms with Crippen molar-refractivity contribution in [3.05, 3.63) is 146 Å². The van der Waals surface area contributed by atoms with E-state index < -0.39 is 49.5 Å². The zero-order chi connectivity index (χ0) is 64.2. The summed E-state index contributed by atoms with van der Waals surface area (Å²) < 4.78 is 11.4. The largest absolute Gasteiger partial charge is 0.394 e. The highest BCUT2D eigenvalue weighted by Crippen LogP contribution is 2.23. The van der Waals surface area contributed by atoms with Gasteiger partial charge in [-0.15, -0.1) is 0 Å². The molecule has 0 aromatic carbocycles. The molecule has 0 aromatic rings. The maximum atomic E-state index is 13.2. The van der Waals surface area contributed by atoms with Crippen molar-refractivity contribution in [3.8, 4) is 0 Å². The van der Waals surface area contributed by atoms with Gasteiger partial charge in [0.05, 0.1) is 25.4 Å². The van der Waals surface area contributed by atoms with Gasteiger partial charge in [-0.2, -0.15) is 0 Å². The van der Waals surface area contributed by atoms with Gasteiger partial charge in [0.25, 0.3) is 0 Å². The number of hydrogen-bond donors (Lipinski definition) is 6. The summed E-state index contributed by atoms with van der Waals surface area (Å²) in [6.45, 7) is 3.73. The third-order valence-electron chi connectivity index (χ3n) is 16.5. The molecule has 0 aromatic heterocycles. The number of aliphatic hydroxyl groups is 5. The molecule has 0 radical (unpaired) electrons. The molecule has 1 saturated heterocycles. The third-order valence-corrected chi connectivity index (χ3v) is 16.5. The molecule has 89 heavy (non-hydrogen) atoms. The van der Waals surface area contributed by atoms with Gasteiger partial charge in [-0.25, -0.2) is 0 Å². The Morgan fingerprint density at radius 1 is 0.393 bits per heavy atom. The Balaban J connectivity index is 2.17. The lowest BCUT2D eigenvalue weighted by Gasteiger charge is -2.40. The lowest BCUT2D eigenvalue weighted by atomic mass is 9.99. The van der Waals surface area contributed by atoms with Crippen LogP contribution in [0.15, 0.2) is 146 Å². The second-order valence-corrected chi connectivity index (χ2v) is 24.7. The van der Waals surface area contributed by atoms with E-state index in [9.17, 15) is 30.3 Å². The Kier molecular flexibility index (Phi) is 62.5. The van der Waals surface area contributed by atoms with Crippen molar-refractivity contribution in [2.75, 3.05) is 13.2 Å². The van der Waals surface area contributed by atoms with Crippen molar-refractivity contribution in [2.45, 2.75) is 339 Å². The maximum absolute atomic E-state index is 13.2. The summed E-state index contributed by atoms with van der Waals surface area (Å²) in [5.41, 5.74) is 0. The molecule has 0 aliphatic carbocycles. The lowest BCUT2D eigenvalue weighted by molar-refractivity contribution is -0.302. The van der Waals surface area contributed by atoms with Gasteiger partial charge < -0.3 is 40.3 Å². The molecule has 508 valence electrons. The van der Waals surface area contributed by atoms with Crippen LogP contribution in [0.25, 0.3) is 0 Å². The Morgan fingerprint density at radius 3 is 1.03 bits per heavy atom. The fourth-order valence-corrected chi connectivity index (χ4v) is 10.8. The number of carbonyl (C=O) groups excluding carboxylic acids is 1. The van der Waals surface area contributed by atoms with E-state index in [2.05, 4.69) is 165 Å². The Morgan fingerprint density at radius 2 is 0.697 bits per heavy atom. The zero-order valence-electron chi connectivity index (χ0n) is 56.9. The van der Waals surface area contributed by atoms with E-state index in [0.29, 0.717) is 12.8 Å². The molecule has 1 amide bonds. The van der Waals surface area contributed by atoms with Gasteiger partial charge in [-0.1, -0.05) is 333 Å². The van der Waals surface area contributed by atoms with Crippen molar-refractivity contribution in [1.82, 2.24) is 5.32 Å². The number of ether oxygens (including phenoxy) is 2. The summed E-state index contributed by atoms with van der Waals surface area (Å²) in [6.07, 6.45) is 96.2. The molecule has 9 nitrogen and oxygen atoms in total. The van der Waals surface area contributed by atoms with Crippen LogP contribution in [0.5, 0.6) is 0 Å². The van der Waals surface area contributed by atoms with Crippen LogP contribution in [0.1, 0.15) is 296 Å². The van der Waals surface area contributed by atoms with E-state index in [1.807, 2.05) is 0 Å². The fourth-order valence-electron chi connectivity index (χ4n) is 10.8. The minimum atomic E-state index is -1.57. The average Bonchev–Trinajstić information content (AvgIpc) is 2.59. The second-order valence-electron chi connectivity index (χ2n) is 24.7. The summed E-state index contributed by atoms with van der Waals surface area (Å²) >= 11 is 0. The van der Waals surface area contributed by atoms with Crippen LogP contribution in [0.3, 0.4) is 0 Å². The molecule has 7 unspecified atom stereocenters. The van der Waals surface area contributed by atoms with E-state index >= 15 is 0 Å². The van der Waals surface area contributed by atoms with Crippen LogP contribution in [0.4, 0.5) is 0 Å². The monoisotopic (exact) mass is 1240 g/mol. The summed E-state index contributed by atoms with van der Waals surface area (Å²) in [5, 5.41) is 54.9. The van der Waals surface area contributed by atoms with Crippen LogP contribution in [0.2, 0.25) is 0 Å². The summed E-state index contributed by atoms with van der Waals surface area (Å²) in [6, 6.07) is -0.745. The number of hydrogen-bond acceptors (Lipinski definition) is 8. The molecule has 1 heterocycles. The standard InChI is InChI=1S/C80H135NO8/c1-3-5-7-9-11-13-15-17-19-21-23-25-27-29-30-31-32-33-34-35-36-37-38-39-40-41-42-43-44-46-48-50-52-54-56-58-60-62-64-66-68-70-76(84)81-73(72-88-80-79(87)78(86)77(85)75(71-82)89-80)74(83)69-67-65-63-61-59-57-55-53-51-49-47-45-28-26-24-22-20-18-16-14-12-10-8-6-4-2/h5,7,11,13,17,19,23,25,29-30,32-33,35-36,38-39,41-42,44,46,50,52,56,58,73-75,77-80,82-83,85-87H,3-4,6,8-10,12,14-16,18,20-22,24,26-28,31,34,37,40,43,45,47-49,51,53-55,57,59-72H2,1-2H3,(H,81,84)/b7-5-,13-11-,19-17-,25-23-,30-29-,33-32-,36-35-,39-38-,42-41-,46-44-,52-50-,58-56-. The van der Waals surface area contributed by atoms with Crippen LogP contribution in [-0.4, -0.2) is 87.5 Å². The predicted molar refractivity (Wildman–Crippen MR) is 382 cm³/mol. The number of allylic oxidation sites excluding steroid dienone is 24. The highest BCUT2D eigenvalue weighted by molar-refractivity contribution is 5.76. The highest BCUT2D eigenvalue weighted by Gasteiger charge is 2.44. The average molecular weight is 1240 g/mol. The Hall–Kier alpha value is -3.93. The summed E-state index contributed by atoms with van der Waals surface area (Å²) in [4.78, 5) is 13.2. The van der Waals surface area contributed by atoms with Gasteiger partial charge >= 0.3 is 0 Å².